The highest BCUT2D eigenvalue weighted by Crippen LogP contribution is 2.15. The topological polar surface area (TPSA) is 110 Å². The van der Waals surface area contributed by atoms with Crippen LogP contribution in [0.3, 0.4) is 0 Å². The van der Waals surface area contributed by atoms with Gasteiger partial charge in [-0.3, -0.25) is 14.5 Å². The summed E-state index contributed by atoms with van der Waals surface area (Å²) in [4.78, 5) is 27.2. The summed E-state index contributed by atoms with van der Waals surface area (Å²) in [7, 11) is 0. The molecule has 0 aliphatic rings. The highest BCUT2D eigenvalue weighted by Gasteiger charge is 2.16. The van der Waals surface area contributed by atoms with Crippen molar-refractivity contribution in [2.45, 2.75) is 6.54 Å². The van der Waals surface area contributed by atoms with Gasteiger partial charge in [-0.15, -0.1) is 0 Å². The smallest absolute Gasteiger partial charge is 0.317 e. The number of hydrogen-bond acceptors (Lipinski definition) is 5. The molecule has 0 saturated heterocycles. The Kier molecular flexibility index (Phi) is 3.76. The number of nitrogens with zero attached hydrogens (tertiary/aromatic N) is 2. The Balaban J connectivity index is 2.15. The second-order valence-electron chi connectivity index (χ2n) is 4.08. The molecule has 2 aromatic rings. The second-order valence-corrected chi connectivity index (χ2v) is 4.08. The highest BCUT2D eigenvalue weighted by atomic mass is 16.4. The summed E-state index contributed by atoms with van der Waals surface area (Å²) < 4.78 is 5.46. The average Bonchev–Trinajstić information content (AvgIpc) is 2.68. The summed E-state index contributed by atoms with van der Waals surface area (Å²) in [5, 5.41) is 8.77. The van der Waals surface area contributed by atoms with Crippen LogP contribution in [-0.4, -0.2) is 40.0 Å². The number of carboxylic acids is 1. The van der Waals surface area contributed by atoms with Crippen molar-refractivity contribution in [1.29, 1.82) is 0 Å². The van der Waals surface area contributed by atoms with E-state index in [-0.39, 0.29) is 19.6 Å². The van der Waals surface area contributed by atoms with Crippen molar-refractivity contribution in [3.63, 3.8) is 0 Å². The lowest BCUT2D eigenvalue weighted by atomic mass is 10.3. The van der Waals surface area contributed by atoms with Crippen LogP contribution < -0.4 is 5.73 Å². The fourth-order valence-electron chi connectivity index (χ4n) is 1.76. The maximum atomic E-state index is 10.9. The number of carbonyl (C=O) groups is 2. The van der Waals surface area contributed by atoms with E-state index in [0.717, 1.165) is 0 Å². The van der Waals surface area contributed by atoms with Crippen molar-refractivity contribution in [2.24, 2.45) is 5.73 Å². The molecule has 1 heterocycles. The molecule has 7 nitrogen and oxygen atoms in total. The number of carboxylic acid groups (broad SMARTS) is 1. The van der Waals surface area contributed by atoms with Gasteiger partial charge in [-0.25, -0.2) is 4.98 Å². The van der Waals surface area contributed by atoms with Gasteiger partial charge in [0.25, 0.3) is 0 Å². The van der Waals surface area contributed by atoms with Crippen LogP contribution in [0, 0.1) is 0 Å². The maximum absolute atomic E-state index is 10.9. The van der Waals surface area contributed by atoms with Crippen LogP contribution in [0.5, 0.6) is 0 Å². The van der Waals surface area contributed by atoms with Crippen LogP contribution in [0.1, 0.15) is 5.89 Å². The fourth-order valence-corrected chi connectivity index (χ4v) is 1.76. The van der Waals surface area contributed by atoms with Gasteiger partial charge in [-0.1, -0.05) is 12.1 Å². The molecule has 1 amide bonds. The summed E-state index contributed by atoms with van der Waals surface area (Å²) >= 11 is 0. The van der Waals surface area contributed by atoms with Crippen LogP contribution in [-0.2, 0) is 16.1 Å². The lowest BCUT2D eigenvalue weighted by Crippen LogP contribution is -2.36. The second kappa shape index (κ2) is 5.49. The molecule has 7 heteroatoms. The Morgan fingerprint density at radius 2 is 2.05 bits per heavy atom. The molecule has 1 aromatic carbocycles. The molecule has 0 aliphatic heterocycles. The first kappa shape index (κ1) is 13.0. The number of carbonyl (C=O) groups excluding carboxylic acids is 1. The lowest BCUT2D eigenvalue weighted by Gasteiger charge is -2.15. The highest BCUT2D eigenvalue weighted by molar-refractivity contribution is 5.77. The quantitative estimate of drug-likeness (QED) is 0.770. The third kappa shape index (κ3) is 3.52. The van der Waals surface area contributed by atoms with Crippen LogP contribution in [0.15, 0.2) is 28.7 Å². The molecule has 0 bridgehead atoms. The zero-order valence-electron chi connectivity index (χ0n) is 10.1. The summed E-state index contributed by atoms with van der Waals surface area (Å²) in [6.07, 6.45) is 0. The first-order valence-corrected chi connectivity index (χ1v) is 5.61. The van der Waals surface area contributed by atoms with E-state index >= 15 is 0 Å². The number of para-hydroxylation sites is 2. The van der Waals surface area contributed by atoms with Gasteiger partial charge in [-0.05, 0) is 12.1 Å². The molecule has 3 N–H and O–H groups in total. The minimum Gasteiger partial charge on any atom is -0.480 e. The van der Waals surface area contributed by atoms with Gasteiger partial charge in [0.15, 0.2) is 5.58 Å². The van der Waals surface area contributed by atoms with Crippen molar-refractivity contribution in [3.8, 4) is 0 Å². The third-order valence-electron chi connectivity index (χ3n) is 2.44. The molecule has 19 heavy (non-hydrogen) atoms. The zero-order valence-corrected chi connectivity index (χ0v) is 10.1. The Hall–Kier alpha value is -2.41. The number of fused-ring (bicyclic) bond motifs is 1. The van der Waals surface area contributed by atoms with E-state index in [4.69, 9.17) is 15.3 Å². The van der Waals surface area contributed by atoms with E-state index in [1.807, 2.05) is 12.1 Å². The van der Waals surface area contributed by atoms with Crippen molar-refractivity contribution < 1.29 is 19.1 Å². The maximum Gasteiger partial charge on any atom is 0.317 e. The van der Waals surface area contributed by atoms with E-state index < -0.39 is 11.9 Å². The van der Waals surface area contributed by atoms with E-state index in [9.17, 15) is 9.59 Å². The molecule has 2 rings (SSSR count). The number of aromatic nitrogens is 1. The van der Waals surface area contributed by atoms with Crippen LogP contribution in [0.4, 0.5) is 0 Å². The normalized spacial score (nSPS) is 11.0. The van der Waals surface area contributed by atoms with E-state index in [1.165, 1.54) is 4.90 Å². The summed E-state index contributed by atoms with van der Waals surface area (Å²) in [6, 6.07) is 7.20. The van der Waals surface area contributed by atoms with Crippen molar-refractivity contribution in [3.05, 3.63) is 30.2 Å². The molecule has 0 unspecified atom stereocenters. The summed E-state index contributed by atoms with van der Waals surface area (Å²) in [5.41, 5.74) is 6.38. The molecular formula is C12H13N3O4. The minimum absolute atomic E-state index is 0.115. The number of nitrogens with two attached hydrogens (primary N) is 1. The first-order valence-electron chi connectivity index (χ1n) is 5.61. The van der Waals surface area contributed by atoms with Crippen LogP contribution in [0.25, 0.3) is 11.1 Å². The number of aliphatic carboxylic acids is 1. The van der Waals surface area contributed by atoms with Gasteiger partial charge in [0.2, 0.25) is 11.8 Å². The standard InChI is InChI=1S/C12H13N3O4/c13-10(16)5-15(7-12(17)18)6-11-14-8-3-1-2-4-9(8)19-11/h1-4H,5-7H2,(H2,13,16)(H,17,18). The molecule has 0 radical (unpaired) electrons. The number of rotatable bonds is 6. The van der Waals surface area contributed by atoms with E-state index in [2.05, 4.69) is 4.98 Å². The first-order chi connectivity index (χ1) is 9.04. The predicted octanol–water partition coefficient (Wildman–Crippen LogP) is 0.200. The molecule has 100 valence electrons. The molecule has 0 aliphatic carbocycles. The molecule has 0 atom stereocenters. The number of primary amides is 1. The molecule has 0 saturated carbocycles. The summed E-state index contributed by atoms with van der Waals surface area (Å²) in [5.74, 6) is -1.29. The average molecular weight is 263 g/mol. The van der Waals surface area contributed by atoms with Crippen molar-refractivity contribution >= 4 is 23.0 Å². The number of hydrogen-bond donors (Lipinski definition) is 2. The molecule has 1 aromatic heterocycles. The lowest BCUT2D eigenvalue weighted by molar-refractivity contribution is -0.138. The minimum atomic E-state index is -1.04. The monoisotopic (exact) mass is 263 g/mol. The predicted molar refractivity (Wildman–Crippen MR) is 66.1 cm³/mol. The van der Waals surface area contributed by atoms with Gasteiger partial charge >= 0.3 is 5.97 Å². The van der Waals surface area contributed by atoms with Gasteiger partial charge in [0.05, 0.1) is 19.6 Å². The van der Waals surface area contributed by atoms with Gasteiger partial charge in [0.1, 0.15) is 5.52 Å². The van der Waals surface area contributed by atoms with Crippen LogP contribution >= 0.6 is 0 Å². The Morgan fingerprint density at radius 3 is 2.68 bits per heavy atom. The van der Waals surface area contributed by atoms with Crippen molar-refractivity contribution in [1.82, 2.24) is 9.88 Å². The van der Waals surface area contributed by atoms with Crippen LogP contribution in [0.2, 0.25) is 0 Å². The molecule has 0 spiro atoms. The van der Waals surface area contributed by atoms with E-state index in [1.54, 1.807) is 12.1 Å². The third-order valence-corrected chi connectivity index (χ3v) is 2.44. The zero-order chi connectivity index (χ0) is 13.8. The SMILES string of the molecule is NC(=O)CN(CC(=O)O)Cc1nc2ccccc2o1. The Labute approximate surface area is 108 Å². The Morgan fingerprint density at radius 1 is 1.32 bits per heavy atom. The van der Waals surface area contributed by atoms with Gasteiger partial charge in [0, 0.05) is 0 Å². The number of oxazole rings is 1. The Bertz CT molecular complexity index is 559. The van der Waals surface area contributed by atoms with E-state index in [0.29, 0.717) is 17.0 Å². The number of amides is 1. The molecular weight excluding hydrogens is 250 g/mol. The largest absolute Gasteiger partial charge is 0.480 e. The number of benzene rings is 1. The van der Waals surface area contributed by atoms with Crippen molar-refractivity contribution in [2.75, 3.05) is 13.1 Å². The molecule has 0 fully saturated rings. The van der Waals surface area contributed by atoms with Gasteiger partial charge in [-0.2, -0.15) is 0 Å². The van der Waals surface area contributed by atoms with Gasteiger partial charge < -0.3 is 15.3 Å². The summed E-state index contributed by atoms with van der Waals surface area (Å²) in [6.45, 7) is -0.351. The fraction of sp³-hybridized carbons (Fsp3) is 0.250.